The van der Waals surface area contributed by atoms with Gasteiger partial charge in [0.15, 0.2) is 0 Å². The van der Waals surface area contributed by atoms with Crippen LogP contribution in [0.25, 0.3) is 10.9 Å². The Labute approximate surface area is 154 Å². The SMILES string of the molecule is COc1ccc2cc(C(=O)N3CCC(N4CCNCC4)C3)c(C)nc2c1. The number of carbonyl (C=O) groups excluding carboxylic acids is 1. The Morgan fingerprint density at radius 3 is 2.81 bits per heavy atom. The lowest BCUT2D eigenvalue weighted by molar-refractivity contribution is 0.0772. The Hall–Kier alpha value is -2.18. The highest BCUT2D eigenvalue weighted by Gasteiger charge is 2.32. The smallest absolute Gasteiger partial charge is 0.255 e. The van der Waals surface area contributed by atoms with Crippen LogP contribution in [0.1, 0.15) is 22.5 Å². The number of hydrogen-bond acceptors (Lipinski definition) is 5. The highest BCUT2D eigenvalue weighted by atomic mass is 16.5. The Bertz CT molecular complexity index is 817. The van der Waals surface area contributed by atoms with E-state index < -0.39 is 0 Å². The van der Waals surface area contributed by atoms with Crippen LogP contribution in [0.15, 0.2) is 24.3 Å². The number of amides is 1. The van der Waals surface area contributed by atoms with Crippen molar-refractivity contribution in [3.63, 3.8) is 0 Å². The monoisotopic (exact) mass is 354 g/mol. The molecule has 2 aliphatic rings. The number of fused-ring (bicyclic) bond motifs is 1. The van der Waals surface area contributed by atoms with Crippen LogP contribution in [-0.2, 0) is 0 Å². The first kappa shape index (κ1) is 17.2. The van der Waals surface area contributed by atoms with E-state index >= 15 is 0 Å². The molecule has 0 spiro atoms. The highest BCUT2D eigenvalue weighted by molar-refractivity contribution is 5.99. The number of likely N-dealkylation sites (tertiary alicyclic amines) is 1. The Balaban J connectivity index is 1.53. The molecule has 2 fully saturated rings. The second-order valence-corrected chi connectivity index (χ2v) is 7.16. The molecule has 26 heavy (non-hydrogen) atoms. The van der Waals surface area contributed by atoms with Gasteiger partial charge in [-0.05, 0) is 31.5 Å². The zero-order valence-electron chi connectivity index (χ0n) is 15.5. The molecule has 0 saturated carbocycles. The van der Waals surface area contributed by atoms with E-state index in [9.17, 15) is 4.79 Å². The van der Waals surface area contributed by atoms with E-state index in [1.165, 1.54) is 0 Å². The maximum Gasteiger partial charge on any atom is 0.255 e. The van der Waals surface area contributed by atoms with Crippen LogP contribution in [0, 0.1) is 6.92 Å². The fraction of sp³-hybridized carbons (Fsp3) is 0.500. The van der Waals surface area contributed by atoms with Crippen molar-refractivity contribution in [2.24, 2.45) is 0 Å². The molecular formula is C20H26N4O2. The first-order chi connectivity index (χ1) is 12.7. The van der Waals surface area contributed by atoms with Gasteiger partial charge in [0.1, 0.15) is 5.75 Å². The number of methoxy groups -OCH3 is 1. The lowest BCUT2D eigenvalue weighted by Gasteiger charge is -2.32. The summed E-state index contributed by atoms with van der Waals surface area (Å²) in [6, 6.07) is 8.23. The molecule has 1 N–H and O–H groups in total. The number of nitrogens with one attached hydrogen (secondary N) is 1. The number of rotatable bonds is 3. The van der Waals surface area contributed by atoms with Gasteiger partial charge in [-0.15, -0.1) is 0 Å². The summed E-state index contributed by atoms with van der Waals surface area (Å²) < 4.78 is 5.27. The topological polar surface area (TPSA) is 57.7 Å². The molecule has 1 amide bonds. The van der Waals surface area contributed by atoms with Crippen LogP contribution in [0.2, 0.25) is 0 Å². The zero-order valence-corrected chi connectivity index (χ0v) is 15.5. The van der Waals surface area contributed by atoms with Crippen molar-refractivity contribution in [2.75, 3.05) is 46.4 Å². The van der Waals surface area contributed by atoms with Gasteiger partial charge in [-0.1, -0.05) is 0 Å². The number of hydrogen-bond donors (Lipinski definition) is 1. The number of aryl methyl sites for hydroxylation is 1. The summed E-state index contributed by atoms with van der Waals surface area (Å²) in [6.45, 7) is 7.79. The molecule has 2 aromatic rings. The van der Waals surface area contributed by atoms with E-state index in [-0.39, 0.29) is 5.91 Å². The lowest BCUT2D eigenvalue weighted by atomic mass is 10.1. The van der Waals surface area contributed by atoms with Gasteiger partial charge in [-0.25, -0.2) is 0 Å². The van der Waals surface area contributed by atoms with Gasteiger partial charge in [0.05, 0.1) is 23.9 Å². The molecule has 0 radical (unpaired) electrons. The average Bonchev–Trinajstić information content (AvgIpc) is 3.17. The maximum atomic E-state index is 13.1. The van der Waals surface area contributed by atoms with E-state index in [0.717, 1.165) is 68.0 Å². The van der Waals surface area contributed by atoms with Crippen molar-refractivity contribution in [3.8, 4) is 5.75 Å². The molecule has 0 aliphatic carbocycles. The fourth-order valence-electron chi connectivity index (χ4n) is 4.03. The van der Waals surface area contributed by atoms with Crippen LogP contribution < -0.4 is 10.1 Å². The molecule has 1 unspecified atom stereocenters. The second kappa shape index (κ2) is 7.21. The van der Waals surface area contributed by atoms with E-state index in [1.807, 2.05) is 36.1 Å². The Kier molecular flexibility index (Phi) is 4.78. The van der Waals surface area contributed by atoms with Gasteiger partial charge in [0.25, 0.3) is 5.91 Å². The van der Waals surface area contributed by atoms with Crippen molar-refractivity contribution in [2.45, 2.75) is 19.4 Å². The summed E-state index contributed by atoms with van der Waals surface area (Å²) in [4.78, 5) is 22.2. The van der Waals surface area contributed by atoms with Gasteiger partial charge in [-0.2, -0.15) is 0 Å². The molecule has 1 aromatic heterocycles. The van der Waals surface area contributed by atoms with Gasteiger partial charge in [0, 0.05) is 56.8 Å². The molecule has 6 heteroatoms. The largest absolute Gasteiger partial charge is 0.497 e. The summed E-state index contributed by atoms with van der Waals surface area (Å²) in [5.41, 5.74) is 2.35. The Morgan fingerprint density at radius 2 is 2.04 bits per heavy atom. The predicted octanol–water partition coefficient (Wildman–Crippen LogP) is 1.67. The molecule has 2 aliphatic heterocycles. The number of carbonyl (C=O) groups is 1. The van der Waals surface area contributed by atoms with E-state index in [4.69, 9.17) is 4.74 Å². The quantitative estimate of drug-likeness (QED) is 0.909. The van der Waals surface area contributed by atoms with Crippen LogP contribution >= 0.6 is 0 Å². The third kappa shape index (κ3) is 3.27. The number of benzene rings is 1. The third-order valence-corrected chi connectivity index (χ3v) is 5.56. The average molecular weight is 354 g/mol. The van der Waals surface area contributed by atoms with Gasteiger partial charge in [-0.3, -0.25) is 14.7 Å². The van der Waals surface area contributed by atoms with Gasteiger partial charge < -0.3 is 15.0 Å². The van der Waals surface area contributed by atoms with Crippen LogP contribution in [0.3, 0.4) is 0 Å². The molecule has 1 aromatic carbocycles. The number of ether oxygens (including phenoxy) is 1. The minimum atomic E-state index is 0.102. The Morgan fingerprint density at radius 1 is 1.23 bits per heavy atom. The fourth-order valence-corrected chi connectivity index (χ4v) is 4.03. The van der Waals surface area contributed by atoms with Crippen molar-refractivity contribution < 1.29 is 9.53 Å². The van der Waals surface area contributed by atoms with E-state index in [1.54, 1.807) is 7.11 Å². The molecule has 4 rings (SSSR count). The summed E-state index contributed by atoms with van der Waals surface area (Å²) in [5.74, 6) is 0.882. The lowest BCUT2D eigenvalue weighted by Crippen LogP contribution is -2.49. The summed E-state index contributed by atoms with van der Waals surface area (Å²) >= 11 is 0. The van der Waals surface area contributed by atoms with Gasteiger partial charge >= 0.3 is 0 Å². The second-order valence-electron chi connectivity index (χ2n) is 7.16. The summed E-state index contributed by atoms with van der Waals surface area (Å²) in [7, 11) is 1.65. The number of nitrogens with zero attached hydrogens (tertiary/aromatic N) is 3. The maximum absolute atomic E-state index is 13.1. The van der Waals surface area contributed by atoms with Crippen molar-refractivity contribution in [3.05, 3.63) is 35.5 Å². The first-order valence-corrected chi connectivity index (χ1v) is 9.35. The minimum absolute atomic E-state index is 0.102. The summed E-state index contributed by atoms with van der Waals surface area (Å²) in [6.07, 6.45) is 1.06. The van der Waals surface area contributed by atoms with E-state index in [0.29, 0.717) is 11.6 Å². The third-order valence-electron chi connectivity index (χ3n) is 5.56. The molecule has 3 heterocycles. The van der Waals surface area contributed by atoms with Crippen LogP contribution in [-0.4, -0.2) is 73.1 Å². The zero-order chi connectivity index (χ0) is 18.1. The minimum Gasteiger partial charge on any atom is -0.497 e. The predicted molar refractivity (Wildman–Crippen MR) is 102 cm³/mol. The van der Waals surface area contributed by atoms with Crippen molar-refractivity contribution in [1.82, 2.24) is 20.1 Å². The normalized spacial score (nSPS) is 21.3. The molecule has 1 atom stereocenters. The molecular weight excluding hydrogens is 328 g/mol. The molecule has 138 valence electrons. The number of piperazine rings is 1. The molecule has 0 bridgehead atoms. The van der Waals surface area contributed by atoms with Crippen molar-refractivity contribution in [1.29, 1.82) is 0 Å². The number of aromatic nitrogens is 1. The number of pyridine rings is 1. The van der Waals surface area contributed by atoms with Gasteiger partial charge in [0.2, 0.25) is 0 Å². The first-order valence-electron chi connectivity index (χ1n) is 9.35. The molecule has 6 nitrogen and oxygen atoms in total. The van der Waals surface area contributed by atoms with Crippen LogP contribution in [0.5, 0.6) is 5.75 Å². The standard InChI is InChI=1S/C20H26N4O2/c1-14-18(11-15-3-4-17(26-2)12-19(15)22-14)20(25)24-8-5-16(13-24)23-9-6-21-7-10-23/h3-4,11-12,16,21H,5-10,13H2,1-2H3. The van der Waals surface area contributed by atoms with Crippen molar-refractivity contribution >= 4 is 16.8 Å². The van der Waals surface area contributed by atoms with Crippen LogP contribution in [0.4, 0.5) is 0 Å². The molecule has 2 saturated heterocycles. The van der Waals surface area contributed by atoms with E-state index in [2.05, 4.69) is 15.2 Å². The highest BCUT2D eigenvalue weighted by Crippen LogP contribution is 2.24. The summed E-state index contributed by atoms with van der Waals surface area (Å²) in [5, 5.41) is 4.36.